The third kappa shape index (κ3) is 3.86. The van der Waals surface area contributed by atoms with Crippen LogP contribution in [-0.2, 0) is 16.2 Å². The molecule has 0 bridgehead atoms. The first kappa shape index (κ1) is 19.8. The highest BCUT2D eigenvalue weighted by atomic mass is 32.2. The van der Waals surface area contributed by atoms with Crippen LogP contribution in [0.5, 0.6) is 17.2 Å². The van der Waals surface area contributed by atoms with Gasteiger partial charge in [-0.15, -0.1) is 0 Å². The second-order valence-electron chi connectivity index (χ2n) is 6.70. The Bertz CT molecular complexity index is 992. The number of hydrogen-bond donors (Lipinski definition) is 0. The third-order valence-electron chi connectivity index (χ3n) is 4.80. The van der Waals surface area contributed by atoms with E-state index in [9.17, 15) is 21.6 Å². The number of para-hydroxylation sites is 1. The minimum atomic E-state index is -4.45. The summed E-state index contributed by atoms with van der Waals surface area (Å²) in [4.78, 5) is -0.0181. The fourth-order valence-corrected chi connectivity index (χ4v) is 5.10. The van der Waals surface area contributed by atoms with Crippen molar-refractivity contribution in [2.75, 3.05) is 13.3 Å². The Hall–Kier alpha value is -2.46. The van der Waals surface area contributed by atoms with Gasteiger partial charge in [0.1, 0.15) is 10.6 Å². The van der Waals surface area contributed by atoms with Crippen molar-refractivity contribution in [3.63, 3.8) is 0 Å². The van der Waals surface area contributed by atoms with Crippen LogP contribution in [0, 0.1) is 0 Å². The fraction of sp³-hybridized carbons (Fsp3) is 0.368. The van der Waals surface area contributed by atoms with Gasteiger partial charge in [-0.3, -0.25) is 0 Å². The SMILES string of the molecule is O=S(=O)(c1cccc2c1OCO2)N1CCCCC1Oc1ccc(C(F)(F)F)cc1. The van der Waals surface area contributed by atoms with Crippen LogP contribution >= 0.6 is 0 Å². The lowest BCUT2D eigenvalue weighted by atomic mass is 10.1. The number of fused-ring (bicyclic) bond motifs is 1. The standard InChI is InChI=1S/C19H18F3NO5S/c20-19(21,22)13-7-9-14(10-8-13)28-17-6-1-2-11-23(17)29(24,25)16-5-3-4-15-18(16)27-12-26-15/h3-5,7-10,17H,1-2,6,11-12H2. The Balaban J connectivity index is 1.60. The number of alkyl halides is 3. The van der Waals surface area contributed by atoms with E-state index in [4.69, 9.17) is 14.2 Å². The van der Waals surface area contributed by atoms with Crippen molar-refractivity contribution in [3.8, 4) is 17.2 Å². The second-order valence-corrected chi connectivity index (χ2v) is 8.56. The van der Waals surface area contributed by atoms with Gasteiger partial charge in [0.15, 0.2) is 17.7 Å². The first-order chi connectivity index (χ1) is 13.8. The molecule has 29 heavy (non-hydrogen) atoms. The van der Waals surface area contributed by atoms with E-state index in [0.717, 1.165) is 18.6 Å². The van der Waals surface area contributed by atoms with E-state index in [1.54, 1.807) is 12.1 Å². The number of nitrogens with zero attached hydrogens (tertiary/aromatic N) is 1. The molecule has 2 aromatic carbocycles. The molecule has 0 radical (unpaired) electrons. The Morgan fingerprint density at radius 1 is 1.03 bits per heavy atom. The Morgan fingerprint density at radius 3 is 2.52 bits per heavy atom. The summed E-state index contributed by atoms with van der Waals surface area (Å²) in [5, 5.41) is 0. The lowest BCUT2D eigenvalue weighted by molar-refractivity contribution is -0.137. The maximum absolute atomic E-state index is 13.3. The normalized spacial score (nSPS) is 19.9. The zero-order valence-corrected chi connectivity index (χ0v) is 16.0. The molecule has 2 aliphatic heterocycles. The molecule has 0 amide bonds. The number of rotatable bonds is 4. The molecule has 0 N–H and O–H groups in total. The monoisotopic (exact) mass is 429 g/mol. The van der Waals surface area contributed by atoms with Crippen molar-refractivity contribution in [2.45, 2.75) is 36.6 Å². The summed E-state index contributed by atoms with van der Waals surface area (Å²) in [6.45, 7) is 0.172. The summed E-state index contributed by atoms with van der Waals surface area (Å²) >= 11 is 0. The van der Waals surface area contributed by atoms with Crippen molar-refractivity contribution < 1.29 is 35.8 Å². The molecule has 1 saturated heterocycles. The van der Waals surface area contributed by atoms with E-state index < -0.39 is 28.0 Å². The molecule has 0 saturated carbocycles. The minimum Gasteiger partial charge on any atom is -0.474 e. The topological polar surface area (TPSA) is 65.1 Å². The van der Waals surface area contributed by atoms with Gasteiger partial charge in [-0.25, -0.2) is 8.42 Å². The molecule has 156 valence electrons. The van der Waals surface area contributed by atoms with E-state index >= 15 is 0 Å². The zero-order chi connectivity index (χ0) is 20.6. The molecule has 10 heteroatoms. The summed E-state index contributed by atoms with van der Waals surface area (Å²) in [5.41, 5.74) is -0.796. The quantitative estimate of drug-likeness (QED) is 0.735. The Kier molecular flexibility index (Phi) is 5.07. The Morgan fingerprint density at radius 2 is 1.79 bits per heavy atom. The summed E-state index contributed by atoms with van der Waals surface area (Å²) in [5.74, 6) is 0.678. The van der Waals surface area contributed by atoms with E-state index in [1.807, 2.05) is 0 Å². The molecule has 4 rings (SSSR count). The fourth-order valence-electron chi connectivity index (χ4n) is 3.38. The second kappa shape index (κ2) is 7.42. The number of benzene rings is 2. The molecule has 1 atom stereocenters. The maximum atomic E-state index is 13.3. The molecule has 6 nitrogen and oxygen atoms in total. The molecule has 2 aromatic rings. The number of hydrogen-bond acceptors (Lipinski definition) is 5. The summed E-state index contributed by atoms with van der Waals surface area (Å²) in [6.07, 6.45) is -3.47. The summed E-state index contributed by atoms with van der Waals surface area (Å²) in [6, 6.07) is 8.83. The first-order valence-corrected chi connectivity index (χ1v) is 10.5. The lowest BCUT2D eigenvalue weighted by Crippen LogP contribution is -2.46. The summed E-state index contributed by atoms with van der Waals surface area (Å²) in [7, 11) is -3.96. The van der Waals surface area contributed by atoms with Crippen molar-refractivity contribution in [3.05, 3.63) is 48.0 Å². The third-order valence-corrected chi connectivity index (χ3v) is 6.71. The minimum absolute atomic E-state index is 0.0181. The van der Waals surface area contributed by atoms with Gasteiger partial charge in [-0.05, 0) is 55.7 Å². The summed E-state index contributed by atoms with van der Waals surface area (Å²) < 4.78 is 82.4. The number of halogens is 3. The van der Waals surface area contributed by atoms with E-state index in [1.165, 1.54) is 22.5 Å². The molecule has 1 fully saturated rings. The van der Waals surface area contributed by atoms with Crippen LogP contribution in [0.3, 0.4) is 0 Å². The molecule has 2 aliphatic rings. The maximum Gasteiger partial charge on any atom is 0.416 e. The highest BCUT2D eigenvalue weighted by molar-refractivity contribution is 7.89. The van der Waals surface area contributed by atoms with Crippen LogP contribution in [-0.4, -0.2) is 32.3 Å². The highest BCUT2D eigenvalue weighted by Crippen LogP contribution is 2.40. The lowest BCUT2D eigenvalue weighted by Gasteiger charge is -2.34. The molecule has 0 aliphatic carbocycles. The van der Waals surface area contributed by atoms with E-state index in [2.05, 4.69) is 0 Å². The first-order valence-electron chi connectivity index (χ1n) is 9.01. The van der Waals surface area contributed by atoms with Crippen molar-refractivity contribution >= 4 is 10.0 Å². The molecule has 0 spiro atoms. The van der Waals surface area contributed by atoms with Crippen LogP contribution in [0.15, 0.2) is 47.4 Å². The van der Waals surface area contributed by atoms with Gasteiger partial charge < -0.3 is 14.2 Å². The average molecular weight is 429 g/mol. The predicted molar refractivity (Wildman–Crippen MR) is 96.2 cm³/mol. The predicted octanol–water partition coefficient (Wildman–Crippen LogP) is 4.01. The van der Waals surface area contributed by atoms with Gasteiger partial charge in [-0.2, -0.15) is 17.5 Å². The smallest absolute Gasteiger partial charge is 0.416 e. The van der Waals surface area contributed by atoms with E-state index in [-0.39, 0.29) is 29.7 Å². The zero-order valence-electron chi connectivity index (χ0n) is 15.2. The van der Waals surface area contributed by atoms with Crippen LogP contribution in [0.4, 0.5) is 13.2 Å². The highest BCUT2D eigenvalue weighted by Gasteiger charge is 2.38. The van der Waals surface area contributed by atoms with Crippen LogP contribution in [0.2, 0.25) is 0 Å². The van der Waals surface area contributed by atoms with Gasteiger partial charge in [0.2, 0.25) is 16.8 Å². The largest absolute Gasteiger partial charge is 0.474 e. The Labute approximate surface area is 165 Å². The van der Waals surface area contributed by atoms with Crippen LogP contribution in [0.1, 0.15) is 24.8 Å². The average Bonchev–Trinajstić information content (AvgIpc) is 3.17. The van der Waals surface area contributed by atoms with Gasteiger partial charge in [0.05, 0.1) is 5.56 Å². The number of ether oxygens (including phenoxy) is 3. The van der Waals surface area contributed by atoms with Crippen LogP contribution in [0.25, 0.3) is 0 Å². The van der Waals surface area contributed by atoms with Crippen molar-refractivity contribution in [1.82, 2.24) is 4.31 Å². The van der Waals surface area contributed by atoms with Crippen molar-refractivity contribution in [2.24, 2.45) is 0 Å². The molecular formula is C19H18F3NO5S. The van der Waals surface area contributed by atoms with Gasteiger partial charge >= 0.3 is 6.18 Å². The van der Waals surface area contributed by atoms with Gasteiger partial charge in [0, 0.05) is 6.54 Å². The number of sulfonamides is 1. The molecule has 2 heterocycles. The van der Waals surface area contributed by atoms with Crippen LogP contribution < -0.4 is 14.2 Å². The van der Waals surface area contributed by atoms with Gasteiger partial charge in [-0.1, -0.05) is 6.07 Å². The number of piperidine rings is 1. The molecule has 1 unspecified atom stereocenters. The molecular weight excluding hydrogens is 411 g/mol. The van der Waals surface area contributed by atoms with E-state index in [0.29, 0.717) is 18.6 Å². The molecule has 0 aromatic heterocycles. The van der Waals surface area contributed by atoms with Crippen molar-refractivity contribution in [1.29, 1.82) is 0 Å². The van der Waals surface area contributed by atoms with Gasteiger partial charge in [0.25, 0.3) is 0 Å².